The Morgan fingerprint density at radius 3 is 2.70 bits per heavy atom. The van der Waals surface area contributed by atoms with Gasteiger partial charge in [-0.3, -0.25) is 0 Å². The quantitative estimate of drug-likeness (QED) is 0.792. The summed E-state index contributed by atoms with van der Waals surface area (Å²) in [6.07, 6.45) is 2.57. The summed E-state index contributed by atoms with van der Waals surface area (Å²) in [5.41, 5.74) is 0.104. The van der Waals surface area contributed by atoms with Gasteiger partial charge in [-0.25, -0.2) is 8.78 Å². The fourth-order valence-electron chi connectivity index (χ4n) is 2.65. The Balaban J connectivity index is 1.79. The van der Waals surface area contributed by atoms with Gasteiger partial charge in [0.2, 0.25) is 0 Å². The van der Waals surface area contributed by atoms with Crippen molar-refractivity contribution in [3.05, 3.63) is 33.8 Å². The summed E-state index contributed by atoms with van der Waals surface area (Å²) in [7, 11) is 0. The minimum Gasteiger partial charge on any atom is -0.312 e. The lowest BCUT2D eigenvalue weighted by molar-refractivity contribution is 0.282. The van der Waals surface area contributed by atoms with Gasteiger partial charge in [0, 0.05) is 18.7 Å². The maximum Gasteiger partial charge on any atom is 0.144 e. The second kappa shape index (κ2) is 7.48. The third kappa shape index (κ3) is 4.24. The fourth-order valence-corrected chi connectivity index (χ4v) is 3.02. The van der Waals surface area contributed by atoms with Gasteiger partial charge in [-0.15, -0.1) is 0 Å². The van der Waals surface area contributed by atoms with Crippen LogP contribution in [0.4, 0.5) is 8.78 Å². The Hall–Kier alpha value is -0.520. The van der Waals surface area contributed by atoms with Crippen LogP contribution in [0.5, 0.6) is 0 Å². The van der Waals surface area contributed by atoms with Gasteiger partial charge in [0.05, 0.1) is 4.47 Å². The summed E-state index contributed by atoms with van der Waals surface area (Å²) >= 11 is 3.08. The lowest BCUT2D eigenvalue weighted by atomic mass is 10.1. The number of hydrogen-bond donors (Lipinski definition) is 1. The lowest BCUT2D eigenvalue weighted by Crippen LogP contribution is -2.31. The molecular weight excluding hydrogens is 326 g/mol. The Morgan fingerprint density at radius 2 is 2.00 bits per heavy atom. The van der Waals surface area contributed by atoms with E-state index in [1.54, 1.807) is 0 Å². The van der Waals surface area contributed by atoms with Crippen LogP contribution in [0.2, 0.25) is 0 Å². The first-order valence-corrected chi connectivity index (χ1v) is 7.92. The molecule has 0 spiro atoms. The molecule has 1 atom stereocenters. The molecule has 0 bridgehead atoms. The van der Waals surface area contributed by atoms with Crippen molar-refractivity contribution in [2.45, 2.75) is 26.3 Å². The van der Waals surface area contributed by atoms with Crippen molar-refractivity contribution in [2.24, 2.45) is 5.92 Å². The molecule has 112 valence electrons. The Kier molecular flexibility index (Phi) is 5.93. The van der Waals surface area contributed by atoms with Crippen LogP contribution in [0, 0.1) is 17.6 Å². The zero-order chi connectivity index (χ0) is 14.5. The fraction of sp³-hybridized carbons (Fsp3) is 0.600. The number of nitrogens with one attached hydrogen (secondary N) is 1. The van der Waals surface area contributed by atoms with Crippen LogP contribution < -0.4 is 5.32 Å². The van der Waals surface area contributed by atoms with Crippen LogP contribution >= 0.6 is 15.9 Å². The second-order valence-electron chi connectivity index (χ2n) is 5.57. The highest BCUT2D eigenvalue weighted by Crippen LogP contribution is 2.21. The Labute approximate surface area is 127 Å². The van der Waals surface area contributed by atoms with Crippen molar-refractivity contribution < 1.29 is 8.78 Å². The molecular formula is C15H21BrF2N2. The maximum absolute atomic E-state index is 13.8. The van der Waals surface area contributed by atoms with E-state index in [1.807, 2.05) is 0 Å². The normalized spacial score (nSPS) is 17.6. The molecule has 1 saturated heterocycles. The number of halogens is 3. The van der Waals surface area contributed by atoms with Crippen molar-refractivity contribution in [3.8, 4) is 0 Å². The van der Waals surface area contributed by atoms with Crippen molar-refractivity contribution in [1.82, 2.24) is 10.2 Å². The van der Waals surface area contributed by atoms with Gasteiger partial charge in [-0.2, -0.15) is 0 Å². The third-order valence-electron chi connectivity index (χ3n) is 3.70. The van der Waals surface area contributed by atoms with E-state index < -0.39 is 11.6 Å². The summed E-state index contributed by atoms with van der Waals surface area (Å²) in [6.45, 7) is 6.57. The molecule has 20 heavy (non-hydrogen) atoms. The standard InChI is InChI=1S/C15H21BrF2N2/c1-11(10-20-6-2-3-7-20)8-19-9-12-14(17)5-4-13(16)15(12)18/h4-5,11,19H,2-3,6-10H2,1H3. The van der Waals surface area contributed by atoms with E-state index in [-0.39, 0.29) is 12.1 Å². The monoisotopic (exact) mass is 346 g/mol. The topological polar surface area (TPSA) is 15.3 Å². The van der Waals surface area contributed by atoms with E-state index in [0.717, 1.165) is 13.1 Å². The van der Waals surface area contributed by atoms with Gasteiger partial charge < -0.3 is 10.2 Å². The molecule has 0 radical (unpaired) electrons. The molecule has 1 unspecified atom stereocenters. The van der Waals surface area contributed by atoms with Crippen molar-refractivity contribution in [2.75, 3.05) is 26.2 Å². The first-order chi connectivity index (χ1) is 9.58. The predicted molar refractivity (Wildman–Crippen MR) is 80.6 cm³/mol. The highest BCUT2D eigenvalue weighted by Gasteiger charge is 2.15. The van der Waals surface area contributed by atoms with Crippen molar-refractivity contribution in [3.63, 3.8) is 0 Å². The molecule has 1 aromatic rings. The minimum atomic E-state index is -0.510. The molecule has 0 saturated carbocycles. The molecule has 1 N–H and O–H groups in total. The summed E-state index contributed by atoms with van der Waals surface area (Å²) in [5, 5.41) is 3.16. The number of benzene rings is 1. The second-order valence-corrected chi connectivity index (χ2v) is 6.42. The first kappa shape index (κ1) is 15.9. The predicted octanol–water partition coefficient (Wildman–Crippen LogP) is 3.55. The highest BCUT2D eigenvalue weighted by molar-refractivity contribution is 9.10. The molecule has 0 aliphatic carbocycles. The van der Waals surface area contributed by atoms with Gasteiger partial charge in [0.15, 0.2) is 0 Å². The molecule has 5 heteroatoms. The van der Waals surface area contributed by atoms with E-state index >= 15 is 0 Å². The minimum absolute atomic E-state index is 0.104. The maximum atomic E-state index is 13.8. The van der Waals surface area contributed by atoms with E-state index in [9.17, 15) is 8.78 Å². The molecule has 2 rings (SSSR count). The highest BCUT2D eigenvalue weighted by atomic mass is 79.9. The van der Waals surface area contributed by atoms with E-state index in [1.165, 1.54) is 38.1 Å². The number of nitrogens with zero attached hydrogens (tertiary/aromatic N) is 1. The van der Waals surface area contributed by atoms with Crippen LogP contribution in [-0.2, 0) is 6.54 Å². The zero-order valence-electron chi connectivity index (χ0n) is 11.8. The molecule has 1 heterocycles. The first-order valence-electron chi connectivity index (χ1n) is 7.13. The van der Waals surface area contributed by atoms with E-state index in [2.05, 4.69) is 33.1 Å². The summed E-state index contributed by atoms with van der Waals surface area (Å²) in [6, 6.07) is 2.68. The van der Waals surface area contributed by atoms with Gasteiger partial charge in [-0.05, 0) is 66.5 Å². The molecule has 1 aliphatic heterocycles. The van der Waals surface area contributed by atoms with Gasteiger partial charge in [-0.1, -0.05) is 6.92 Å². The van der Waals surface area contributed by atoms with Crippen molar-refractivity contribution >= 4 is 15.9 Å². The lowest BCUT2D eigenvalue weighted by Gasteiger charge is -2.20. The average Bonchev–Trinajstić information content (AvgIpc) is 2.91. The molecule has 1 fully saturated rings. The Bertz CT molecular complexity index is 448. The van der Waals surface area contributed by atoms with Crippen LogP contribution in [0.25, 0.3) is 0 Å². The van der Waals surface area contributed by atoms with Gasteiger partial charge in [0.1, 0.15) is 11.6 Å². The molecule has 2 nitrogen and oxygen atoms in total. The molecule has 1 aliphatic rings. The van der Waals surface area contributed by atoms with E-state index in [4.69, 9.17) is 0 Å². The number of likely N-dealkylation sites (tertiary alicyclic amines) is 1. The third-order valence-corrected chi connectivity index (χ3v) is 4.31. The van der Waals surface area contributed by atoms with Crippen LogP contribution in [0.1, 0.15) is 25.3 Å². The summed E-state index contributed by atoms with van der Waals surface area (Å²) in [4.78, 5) is 2.45. The van der Waals surface area contributed by atoms with Crippen LogP contribution in [0.3, 0.4) is 0 Å². The summed E-state index contributed by atoms with van der Waals surface area (Å²) in [5.74, 6) is -0.526. The zero-order valence-corrected chi connectivity index (χ0v) is 13.3. The van der Waals surface area contributed by atoms with Gasteiger partial charge in [0.25, 0.3) is 0 Å². The Morgan fingerprint density at radius 1 is 1.30 bits per heavy atom. The number of rotatable bonds is 6. The van der Waals surface area contributed by atoms with Crippen LogP contribution in [0.15, 0.2) is 16.6 Å². The van der Waals surface area contributed by atoms with Gasteiger partial charge >= 0.3 is 0 Å². The van der Waals surface area contributed by atoms with Crippen molar-refractivity contribution in [1.29, 1.82) is 0 Å². The average molecular weight is 347 g/mol. The van der Waals surface area contributed by atoms with E-state index in [0.29, 0.717) is 10.4 Å². The summed E-state index contributed by atoms with van der Waals surface area (Å²) < 4.78 is 27.7. The molecule has 0 aromatic heterocycles. The number of hydrogen-bond acceptors (Lipinski definition) is 2. The SMILES string of the molecule is CC(CNCc1c(F)ccc(Br)c1F)CN1CCCC1. The largest absolute Gasteiger partial charge is 0.312 e. The smallest absolute Gasteiger partial charge is 0.144 e. The molecule has 1 aromatic carbocycles. The van der Waals surface area contributed by atoms with Crippen LogP contribution in [-0.4, -0.2) is 31.1 Å². The molecule has 0 amide bonds.